The second kappa shape index (κ2) is 4.51. The molecule has 6 heteroatoms. The van der Waals surface area contributed by atoms with Gasteiger partial charge in [0, 0.05) is 25.4 Å². The normalized spacial score (nSPS) is 32.2. The van der Waals surface area contributed by atoms with Gasteiger partial charge < -0.3 is 10.2 Å². The Morgan fingerprint density at radius 3 is 2.33 bits per heavy atom. The first-order valence-corrected chi connectivity index (χ1v) is 6.17. The topological polar surface area (TPSA) is 15.3 Å². The molecule has 2 fully saturated rings. The molecule has 1 N–H and O–H groups in total. The van der Waals surface area contributed by atoms with E-state index in [1.54, 1.807) is 0 Å². The number of fused-ring (bicyclic) bond motifs is 1. The van der Waals surface area contributed by atoms with Crippen LogP contribution in [0.5, 0.6) is 0 Å². The van der Waals surface area contributed by atoms with Gasteiger partial charge in [0.15, 0.2) is 0 Å². The second-order valence-electron chi connectivity index (χ2n) is 4.23. The minimum absolute atomic E-state index is 0.0912. The third-order valence-corrected chi connectivity index (χ3v) is 3.85. The quantitative estimate of drug-likeness (QED) is 0.802. The van der Waals surface area contributed by atoms with E-state index in [0.717, 1.165) is 26.2 Å². The molecule has 2 aliphatic rings. The van der Waals surface area contributed by atoms with E-state index in [2.05, 4.69) is 10.2 Å². The molecular weight excluding hydrogens is 225 g/mol. The number of hydrogen-bond donors (Lipinski definition) is 1. The van der Waals surface area contributed by atoms with Crippen molar-refractivity contribution in [3.63, 3.8) is 0 Å². The van der Waals surface area contributed by atoms with Crippen LogP contribution < -0.4 is 5.32 Å². The lowest BCUT2D eigenvalue weighted by atomic mass is 10.0. The van der Waals surface area contributed by atoms with Crippen molar-refractivity contribution in [1.82, 2.24) is 10.2 Å². The van der Waals surface area contributed by atoms with Crippen LogP contribution in [0.15, 0.2) is 0 Å². The number of rotatable bonds is 3. The Hall–Kier alpha value is 0.0600. The molecule has 0 aliphatic carbocycles. The lowest BCUT2D eigenvalue weighted by Crippen LogP contribution is -2.28. The molecular formula is C9H15F3N2S. The first kappa shape index (κ1) is 11.5. The Kier molecular flexibility index (Phi) is 3.47. The van der Waals surface area contributed by atoms with E-state index in [1.807, 2.05) is 0 Å². The Morgan fingerprint density at radius 1 is 1.20 bits per heavy atom. The smallest absolute Gasteiger partial charge is 0.316 e. The van der Waals surface area contributed by atoms with Gasteiger partial charge in [0.25, 0.3) is 0 Å². The molecule has 0 aromatic rings. The first-order chi connectivity index (χ1) is 7.04. The van der Waals surface area contributed by atoms with Crippen molar-refractivity contribution >= 4 is 11.8 Å². The number of halogens is 3. The van der Waals surface area contributed by atoms with E-state index in [9.17, 15) is 13.2 Å². The van der Waals surface area contributed by atoms with Crippen molar-refractivity contribution in [2.75, 3.05) is 38.5 Å². The van der Waals surface area contributed by atoms with Crippen LogP contribution >= 0.6 is 11.8 Å². The highest BCUT2D eigenvalue weighted by Crippen LogP contribution is 2.31. The zero-order valence-corrected chi connectivity index (χ0v) is 9.20. The monoisotopic (exact) mass is 240 g/mol. The Morgan fingerprint density at radius 2 is 1.80 bits per heavy atom. The average molecular weight is 240 g/mol. The molecule has 0 aromatic carbocycles. The van der Waals surface area contributed by atoms with Crippen LogP contribution in [0.25, 0.3) is 0 Å². The van der Waals surface area contributed by atoms with Gasteiger partial charge in [-0.3, -0.25) is 0 Å². The molecule has 2 aliphatic heterocycles. The molecule has 0 aromatic heterocycles. The van der Waals surface area contributed by atoms with Gasteiger partial charge in [-0.05, 0) is 36.7 Å². The van der Waals surface area contributed by atoms with Crippen LogP contribution in [-0.2, 0) is 0 Å². The average Bonchev–Trinajstić information content (AvgIpc) is 2.60. The fourth-order valence-corrected chi connectivity index (χ4v) is 3.01. The van der Waals surface area contributed by atoms with Crippen molar-refractivity contribution in [2.24, 2.45) is 11.8 Å². The summed E-state index contributed by atoms with van der Waals surface area (Å²) in [5.74, 6) is 1.50. The van der Waals surface area contributed by atoms with E-state index in [0.29, 0.717) is 18.4 Å². The molecule has 2 atom stereocenters. The van der Waals surface area contributed by atoms with Gasteiger partial charge in [-0.2, -0.15) is 13.2 Å². The summed E-state index contributed by atoms with van der Waals surface area (Å²) in [4.78, 5) is 2.16. The van der Waals surface area contributed by atoms with Crippen molar-refractivity contribution < 1.29 is 13.2 Å². The molecule has 0 saturated carbocycles. The molecule has 2 rings (SSSR count). The number of thioether (sulfide) groups is 1. The number of nitrogens with one attached hydrogen (secondary N) is 1. The van der Waals surface area contributed by atoms with Crippen molar-refractivity contribution in [3.05, 3.63) is 0 Å². The SMILES string of the molecule is FC(F)(F)SCCN1C[C@H]2CNC[C@H]2C1. The number of likely N-dealkylation sites (tertiary alicyclic amines) is 1. The van der Waals surface area contributed by atoms with E-state index >= 15 is 0 Å². The van der Waals surface area contributed by atoms with E-state index in [4.69, 9.17) is 0 Å². The molecule has 0 spiro atoms. The van der Waals surface area contributed by atoms with Gasteiger partial charge in [0.1, 0.15) is 0 Å². The van der Waals surface area contributed by atoms with E-state index < -0.39 is 5.51 Å². The van der Waals surface area contributed by atoms with E-state index in [-0.39, 0.29) is 17.5 Å². The molecule has 0 bridgehead atoms. The van der Waals surface area contributed by atoms with Gasteiger partial charge >= 0.3 is 5.51 Å². The molecule has 2 nitrogen and oxygen atoms in total. The molecule has 88 valence electrons. The zero-order valence-electron chi connectivity index (χ0n) is 8.39. The second-order valence-corrected chi connectivity index (χ2v) is 5.39. The highest BCUT2D eigenvalue weighted by atomic mass is 32.2. The summed E-state index contributed by atoms with van der Waals surface area (Å²) in [5.41, 5.74) is -4.07. The summed E-state index contributed by atoms with van der Waals surface area (Å²) in [5, 5.41) is 3.31. The maximum atomic E-state index is 11.9. The largest absolute Gasteiger partial charge is 0.441 e. The number of nitrogens with zero attached hydrogens (tertiary/aromatic N) is 1. The minimum atomic E-state index is -4.07. The highest BCUT2D eigenvalue weighted by molar-refractivity contribution is 8.00. The summed E-state index contributed by atoms with van der Waals surface area (Å²) in [7, 11) is 0. The van der Waals surface area contributed by atoms with Gasteiger partial charge in [0.05, 0.1) is 0 Å². The fraction of sp³-hybridized carbons (Fsp3) is 1.00. The standard InChI is InChI=1S/C9H15F3N2S/c10-9(11,12)15-2-1-14-5-7-3-13-4-8(7)6-14/h7-8,13H,1-6H2/t7-,8+. The first-order valence-electron chi connectivity index (χ1n) is 5.18. The molecule has 2 saturated heterocycles. The summed E-state index contributed by atoms with van der Waals surface area (Å²) >= 11 is 0.0912. The third-order valence-electron chi connectivity index (χ3n) is 3.14. The Bertz CT molecular complexity index is 210. The lowest BCUT2D eigenvalue weighted by molar-refractivity contribution is -0.0328. The summed E-state index contributed by atoms with van der Waals surface area (Å²) in [6.07, 6.45) is 0. The van der Waals surface area contributed by atoms with Crippen molar-refractivity contribution in [3.8, 4) is 0 Å². The zero-order chi connectivity index (χ0) is 10.9. The van der Waals surface area contributed by atoms with Gasteiger partial charge in [-0.15, -0.1) is 0 Å². The Labute approximate surface area is 91.6 Å². The van der Waals surface area contributed by atoms with Gasteiger partial charge in [-0.25, -0.2) is 0 Å². The van der Waals surface area contributed by atoms with Crippen LogP contribution in [0.4, 0.5) is 13.2 Å². The predicted octanol–water partition coefficient (Wildman–Crippen LogP) is 1.39. The van der Waals surface area contributed by atoms with Crippen LogP contribution in [-0.4, -0.2) is 48.9 Å². The number of alkyl halides is 3. The molecule has 15 heavy (non-hydrogen) atoms. The Balaban J connectivity index is 1.65. The summed E-state index contributed by atoms with van der Waals surface area (Å²) < 4.78 is 35.7. The summed E-state index contributed by atoms with van der Waals surface area (Å²) in [6, 6.07) is 0. The maximum Gasteiger partial charge on any atom is 0.441 e. The van der Waals surface area contributed by atoms with Crippen LogP contribution in [0.2, 0.25) is 0 Å². The fourth-order valence-electron chi connectivity index (χ4n) is 2.43. The van der Waals surface area contributed by atoms with Crippen molar-refractivity contribution in [2.45, 2.75) is 5.51 Å². The van der Waals surface area contributed by atoms with Gasteiger partial charge in [-0.1, -0.05) is 0 Å². The maximum absolute atomic E-state index is 11.9. The molecule has 0 unspecified atom stereocenters. The van der Waals surface area contributed by atoms with Crippen LogP contribution in [0, 0.1) is 11.8 Å². The van der Waals surface area contributed by atoms with Crippen LogP contribution in [0.1, 0.15) is 0 Å². The van der Waals surface area contributed by atoms with Gasteiger partial charge in [0.2, 0.25) is 0 Å². The predicted molar refractivity (Wildman–Crippen MR) is 54.8 cm³/mol. The lowest BCUT2D eigenvalue weighted by Gasteiger charge is -2.16. The minimum Gasteiger partial charge on any atom is -0.316 e. The number of hydrogen-bond acceptors (Lipinski definition) is 3. The molecule has 0 radical (unpaired) electrons. The van der Waals surface area contributed by atoms with E-state index in [1.165, 1.54) is 0 Å². The molecule has 2 heterocycles. The van der Waals surface area contributed by atoms with Crippen LogP contribution in [0.3, 0.4) is 0 Å². The summed E-state index contributed by atoms with van der Waals surface area (Å²) in [6.45, 7) is 4.57. The third kappa shape index (κ3) is 3.26. The highest BCUT2D eigenvalue weighted by Gasteiger charge is 2.36. The van der Waals surface area contributed by atoms with Crippen molar-refractivity contribution in [1.29, 1.82) is 0 Å². The molecule has 0 amide bonds.